The number of nitrogens with zero attached hydrogens (tertiary/aromatic N) is 6. The first-order valence-electron chi connectivity index (χ1n) is 9.27. The fourth-order valence-electron chi connectivity index (χ4n) is 2.85. The van der Waals surface area contributed by atoms with E-state index in [1.54, 1.807) is 23.4 Å². The van der Waals surface area contributed by atoms with Gasteiger partial charge in [0.05, 0.1) is 43.2 Å². The highest BCUT2D eigenvalue weighted by molar-refractivity contribution is 6.30. The van der Waals surface area contributed by atoms with Crippen LogP contribution in [0.2, 0.25) is 5.02 Å². The van der Waals surface area contributed by atoms with Crippen LogP contribution in [-0.2, 0) is 9.53 Å². The van der Waals surface area contributed by atoms with E-state index in [9.17, 15) is 9.59 Å². The van der Waals surface area contributed by atoms with E-state index in [4.69, 9.17) is 26.3 Å². The number of halogens is 1. The lowest BCUT2D eigenvalue weighted by Crippen LogP contribution is -2.49. The zero-order valence-corrected chi connectivity index (χ0v) is 16.8. The number of rotatable bonds is 8. The van der Waals surface area contributed by atoms with Crippen molar-refractivity contribution >= 4 is 23.5 Å². The molecule has 2 aromatic rings. The second-order valence-corrected chi connectivity index (χ2v) is 6.77. The molecule has 11 nitrogen and oxygen atoms in total. The molecule has 0 radical (unpaired) electrons. The molecule has 12 heteroatoms. The van der Waals surface area contributed by atoms with Gasteiger partial charge in [-0.3, -0.25) is 9.59 Å². The zero-order valence-electron chi connectivity index (χ0n) is 16.1. The molecule has 1 aliphatic heterocycles. The van der Waals surface area contributed by atoms with Crippen molar-refractivity contribution in [2.24, 2.45) is 0 Å². The van der Waals surface area contributed by atoms with Crippen LogP contribution >= 0.6 is 11.6 Å². The van der Waals surface area contributed by atoms with Crippen LogP contribution in [0.1, 0.15) is 12.0 Å². The van der Waals surface area contributed by atoms with Gasteiger partial charge in [0.15, 0.2) is 11.3 Å². The zero-order chi connectivity index (χ0) is 21.3. The van der Waals surface area contributed by atoms with Crippen molar-refractivity contribution in [3.8, 4) is 11.8 Å². The number of piperazine rings is 1. The van der Waals surface area contributed by atoms with Crippen molar-refractivity contribution in [2.45, 2.75) is 6.42 Å². The average Bonchev–Trinajstić information content (AvgIpc) is 2.76. The summed E-state index contributed by atoms with van der Waals surface area (Å²) in [6, 6.07) is 1.77. The molecule has 0 atom stereocenters. The molecule has 0 saturated carbocycles. The summed E-state index contributed by atoms with van der Waals surface area (Å²) in [5, 5.41) is 15.2. The number of carbonyl (C=O) groups is 1. The Labute approximate surface area is 177 Å². The first kappa shape index (κ1) is 21.5. The number of amides is 1. The van der Waals surface area contributed by atoms with Gasteiger partial charge in [-0.25, -0.2) is 15.1 Å². The summed E-state index contributed by atoms with van der Waals surface area (Å²) in [6.07, 6.45) is 4.62. The maximum Gasteiger partial charge on any atom is 0.285 e. The number of ether oxygens (including phenoxy) is 2. The molecule has 0 bridgehead atoms. The number of H-pyrrole nitrogens is 1. The third kappa shape index (κ3) is 5.65. The van der Waals surface area contributed by atoms with Crippen molar-refractivity contribution in [3.63, 3.8) is 0 Å². The van der Waals surface area contributed by atoms with Crippen LogP contribution < -0.4 is 15.2 Å². The van der Waals surface area contributed by atoms with Gasteiger partial charge in [0.1, 0.15) is 12.7 Å². The molecular formula is C18H20ClN7O4. The minimum absolute atomic E-state index is 0.0122. The molecule has 0 spiro atoms. The predicted octanol–water partition coefficient (Wildman–Crippen LogP) is 0.219. The SMILES string of the molecule is N#Cc1c(OCCOCCC(=O)N2CCN(c3ncc(Cl)cn3)CC2)cn[nH]c1=O. The number of hydrogen-bond donors (Lipinski definition) is 1. The average molecular weight is 434 g/mol. The number of hydrogen-bond acceptors (Lipinski definition) is 9. The molecular weight excluding hydrogens is 414 g/mol. The first-order valence-corrected chi connectivity index (χ1v) is 9.65. The second kappa shape index (κ2) is 10.5. The largest absolute Gasteiger partial charge is 0.488 e. The lowest BCUT2D eigenvalue weighted by Gasteiger charge is -2.34. The molecule has 30 heavy (non-hydrogen) atoms. The summed E-state index contributed by atoms with van der Waals surface area (Å²) >= 11 is 5.80. The fraction of sp³-hybridized carbons (Fsp3) is 0.444. The van der Waals surface area contributed by atoms with Gasteiger partial charge in [-0.1, -0.05) is 11.6 Å². The Morgan fingerprint density at radius 3 is 2.60 bits per heavy atom. The minimum atomic E-state index is -0.607. The maximum absolute atomic E-state index is 12.3. The standard InChI is InChI=1S/C18H20ClN7O4/c19-13-10-21-18(22-11-13)26-4-2-25(3-5-26)16(27)1-6-29-7-8-30-15-12-23-24-17(28)14(15)9-20/h10-12H,1-8H2,(H,24,28). The number of nitriles is 1. The van der Waals surface area contributed by atoms with Crippen LogP contribution in [0.5, 0.6) is 5.75 Å². The maximum atomic E-state index is 12.3. The fourth-order valence-corrected chi connectivity index (χ4v) is 2.95. The van der Waals surface area contributed by atoms with Gasteiger partial charge >= 0.3 is 0 Å². The molecule has 0 unspecified atom stereocenters. The third-order valence-corrected chi connectivity index (χ3v) is 4.60. The summed E-state index contributed by atoms with van der Waals surface area (Å²) in [6.45, 7) is 3.06. The minimum Gasteiger partial charge on any atom is -0.488 e. The van der Waals surface area contributed by atoms with Gasteiger partial charge in [0.25, 0.3) is 5.56 Å². The summed E-state index contributed by atoms with van der Waals surface area (Å²) in [5.74, 6) is 0.714. The number of carbonyl (C=O) groups excluding carboxylic acids is 1. The number of nitrogens with one attached hydrogen (secondary N) is 1. The Morgan fingerprint density at radius 2 is 1.90 bits per heavy atom. The van der Waals surface area contributed by atoms with Crippen molar-refractivity contribution in [1.82, 2.24) is 25.1 Å². The molecule has 2 aromatic heterocycles. The summed E-state index contributed by atoms with van der Waals surface area (Å²) in [4.78, 5) is 35.9. The van der Waals surface area contributed by atoms with E-state index in [1.807, 2.05) is 4.90 Å². The van der Waals surface area contributed by atoms with Crippen LogP contribution in [0.15, 0.2) is 23.4 Å². The Hall–Kier alpha value is -3.23. The van der Waals surface area contributed by atoms with Crippen molar-refractivity contribution in [2.75, 3.05) is 50.9 Å². The van der Waals surface area contributed by atoms with Crippen molar-refractivity contribution < 1.29 is 14.3 Å². The number of aromatic amines is 1. The third-order valence-electron chi connectivity index (χ3n) is 4.40. The molecule has 0 aromatic carbocycles. The van der Waals surface area contributed by atoms with Gasteiger partial charge in [-0.15, -0.1) is 0 Å². The van der Waals surface area contributed by atoms with Gasteiger partial charge in [0.2, 0.25) is 11.9 Å². The van der Waals surface area contributed by atoms with E-state index in [-0.39, 0.29) is 43.5 Å². The summed E-state index contributed by atoms with van der Waals surface area (Å²) in [7, 11) is 0. The van der Waals surface area contributed by atoms with E-state index < -0.39 is 5.56 Å². The summed E-state index contributed by atoms with van der Waals surface area (Å²) < 4.78 is 10.8. The molecule has 1 aliphatic rings. The normalized spacial score (nSPS) is 13.7. The topological polar surface area (TPSA) is 137 Å². The highest BCUT2D eigenvalue weighted by Gasteiger charge is 2.22. The number of anilines is 1. The number of aromatic nitrogens is 4. The molecule has 1 saturated heterocycles. The van der Waals surface area contributed by atoms with E-state index in [2.05, 4.69) is 20.2 Å². The predicted molar refractivity (Wildman–Crippen MR) is 106 cm³/mol. The van der Waals surface area contributed by atoms with E-state index in [0.717, 1.165) is 0 Å². The molecule has 3 rings (SSSR count). The van der Waals surface area contributed by atoms with Gasteiger partial charge in [0, 0.05) is 26.2 Å². The Kier molecular flexibility index (Phi) is 7.53. The lowest BCUT2D eigenvalue weighted by atomic mass is 10.3. The van der Waals surface area contributed by atoms with Gasteiger partial charge in [-0.05, 0) is 0 Å². The van der Waals surface area contributed by atoms with E-state index in [1.165, 1.54) is 6.20 Å². The Balaban J connectivity index is 1.32. The molecule has 1 amide bonds. The monoisotopic (exact) mass is 433 g/mol. The van der Waals surface area contributed by atoms with Crippen LogP contribution in [0.4, 0.5) is 5.95 Å². The van der Waals surface area contributed by atoms with E-state index >= 15 is 0 Å². The highest BCUT2D eigenvalue weighted by atomic mass is 35.5. The van der Waals surface area contributed by atoms with Gasteiger partial charge in [-0.2, -0.15) is 10.4 Å². The smallest absolute Gasteiger partial charge is 0.285 e. The van der Waals surface area contributed by atoms with Crippen LogP contribution in [0.25, 0.3) is 0 Å². The Morgan fingerprint density at radius 1 is 1.17 bits per heavy atom. The first-order chi connectivity index (χ1) is 14.6. The molecule has 1 N–H and O–H groups in total. The van der Waals surface area contributed by atoms with E-state index in [0.29, 0.717) is 37.1 Å². The molecule has 3 heterocycles. The summed E-state index contributed by atoms with van der Waals surface area (Å²) in [5.41, 5.74) is -0.743. The molecule has 1 fully saturated rings. The Bertz CT molecular complexity index is 952. The van der Waals surface area contributed by atoms with Crippen LogP contribution in [0, 0.1) is 11.3 Å². The quantitative estimate of drug-likeness (QED) is 0.579. The van der Waals surface area contributed by atoms with Gasteiger partial charge < -0.3 is 19.3 Å². The lowest BCUT2D eigenvalue weighted by molar-refractivity contribution is -0.132. The van der Waals surface area contributed by atoms with Crippen LogP contribution in [0.3, 0.4) is 0 Å². The van der Waals surface area contributed by atoms with Crippen LogP contribution in [-0.4, -0.2) is 77.0 Å². The van der Waals surface area contributed by atoms with Crippen molar-refractivity contribution in [3.05, 3.63) is 39.5 Å². The highest BCUT2D eigenvalue weighted by Crippen LogP contribution is 2.13. The molecule has 0 aliphatic carbocycles. The van der Waals surface area contributed by atoms with Crippen molar-refractivity contribution in [1.29, 1.82) is 5.26 Å². The second-order valence-electron chi connectivity index (χ2n) is 6.33. The molecule has 158 valence electrons.